The predicted molar refractivity (Wildman–Crippen MR) is 134 cm³/mol. The summed E-state index contributed by atoms with van der Waals surface area (Å²) in [5.41, 5.74) is 6.24. The third-order valence-corrected chi connectivity index (χ3v) is 6.91. The van der Waals surface area contributed by atoms with Crippen LogP contribution in [0.15, 0.2) is 42.7 Å². The Morgan fingerprint density at radius 1 is 1.11 bits per heavy atom. The molecule has 0 aliphatic heterocycles. The number of nitrogens with two attached hydrogens (primary N) is 1. The fourth-order valence-corrected chi connectivity index (χ4v) is 4.95. The molecule has 3 aromatic rings. The van der Waals surface area contributed by atoms with Gasteiger partial charge in [-0.3, -0.25) is 9.78 Å². The number of aliphatic hydroxyl groups excluding tert-OH is 1. The van der Waals surface area contributed by atoms with E-state index >= 15 is 0 Å². The van der Waals surface area contributed by atoms with Gasteiger partial charge >= 0.3 is 0 Å². The zero-order valence-electron chi connectivity index (χ0n) is 21.2. The van der Waals surface area contributed by atoms with Crippen molar-refractivity contribution in [2.75, 3.05) is 20.3 Å². The molecule has 1 aliphatic carbocycles. The highest BCUT2D eigenvalue weighted by Crippen LogP contribution is 2.37. The molecule has 1 aliphatic rings. The number of hydrogen-bond donors (Lipinski definition) is 2. The number of aliphatic hydroxyl groups is 1. The first-order valence-corrected chi connectivity index (χ1v) is 12.4. The number of aromatic nitrogens is 2. The highest BCUT2D eigenvalue weighted by molar-refractivity contribution is 5.96. The molecular weight excluding hydrogens is 499 g/mol. The average Bonchev–Trinajstić information content (AvgIpc) is 2.88. The van der Waals surface area contributed by atoms with Gasteiger partial charge in [0.05, 0.1) is 18.3 Å². The Balaban J connectivity index is 1.59. The summed E-state index contributed by atoms with van der Waals surface area (Å²) in [6.45, 7) is 2.23. The molecule has 4 rings (SSSR count). The fourth-order valence-electron chi connectivity index (χ4n) is 4.95. The molecule has 10 heteroatoms. The summed E-state index contributed by atoms with van der Waals surface area (Å²) in [6.07, 6.45) is 3.78. The van der Waals surface area contributed by atoms with Gasteiger partial charge in [-0.15, -0.1) is 0 Å². The van der Waals surface area contributed by atoms with Gasteiger partial charge in [0.25, 0.3) is 0 Å². The van der Waals surface area contributed by atoms with Crippen LogP contribution in [0.5, 0.6) is 5.75 Å². The van der Waals surface area contributed by atoms with Crippen LogP contribution in [-0.2, 0) is 11.2 Å². The maximum atomic E-state index is 14.8. The van der Waals surface area contributed by atoms with E-state index in [0.717, 1.165) is 23.8 Å². The second-order valence-electron chi connectivity index (χ2n) is 9.60. The van der Waals surface area contributed by atoms with Crippen molar-refractivity contribution < 1.29 is 32.5 Å². The summed E-state index contributed by atoms with van der Waals surface area (Å²) in [4.78, 5) is 21.3. The SMILES string of the molecule is COCCOc1cc(F)c(-c2nc(C(=O)Cc3cnccc3[C@H]3C[C@@H](N)[C@@H](O)[C@@H](C)C3)ccc2F)c(F)c1. The van der Waals surface area contributed by atoms with Crippen LogP contribution in [0.3, 0.4) is 0 Å². The van der Waals surface area contributed by atoms with Crippen molar-refractivity contribution >= 4 is 5.78 Å². The molecule has 202 valence electrons. The first-order valence-electron chi connectivity index (χ1n) is 12.4. The standard InChI is InChI=1S/C28H30F3N3O4/c1-15-9-16(10-23(32)28(15)36)19-5-6-33-14-17(19)11-25(35)24-4-3-20(29)27(34-24)26-21(30)12-18(13-22(26)31)38-8-7-37-2/h3-6,12-16,23,28,36H,7-11,32H2,1-2H3/t15-,16+,23+,28-/m0/s1. The minimum Gasteiger partial charge on any atom is -0.491 e. The lowest BCUT2D eigenvalue weighted by Gasteiger charge is -2.36. The molecule has 2 aromatic heterocycles. The Kier molecular flexibility index (Phi) is 8.76. The van der Waals surface area contributed by atoms with Gasteiger partial charge in [0.15, 0.2) is 5.78 Å². The third kappa shape index (κ3) is 6.03. The summed E-state index contributed by atoms with van der Waals surface area (Å²) >= 11 is 0. The molecule has 4 atom stereocenters. The summed E-state index contributed by atoms with van der Waals surface area (Å²) in [7, 11) is 1.46. The Morgan fingerprint density at radius 2 is 1.84 bits per heavy atom. The third-order valence-electron chi connectivity index (χ3n) is 6.91. The largest absolute Gasteiger partial charge is 0.491 e. The van der Waals surface area contributed by atoms with Gasteiger partial charge in [0.1, 0.15) is 41.2 Å². The van der Waals surface area contributed by atoms with Crippen LogP contribution in [0, 0.1) is 23.4 Å². The lowest BCUT2D eigenvalue weighted by molar-refractivity contribution is 0.0519. The van der Waals surface area contributed by atoms with E-state index in [1.807, 2.05) is 13.0 Å². The molecule has 0 saturated heterocycles. The molecule has 0 bridgehead atoms. The van der Waals surface area contributed by atoms with E-state index in [1.165, 1.54) is 13.2 Å². The number of nitrogens with zero attached hydrogens (tertiary/aromatic N) is 2. The average molecular weight is 530 g/mol. The summed E-state index contributed by atoms with van der Waals surface area (Å²) < 4.78 is 54.4. The van der Waals surface area contributed by atoms with Gasteiger partial charge < -0.3 is 20.3 Å². The van der Waals surface area contributed by atoms with Crippen LogP contribution in [0.1, 0.15) is 47.3 Å². The highest BCUT2D eigenvalue weighted by Gasteiger charge is 2.34. The zero-order valence-corrected chi connectivity index (χ0v) is 21.2. The first-order chi connectivity index (χ1) is 18.2. The number of methoxy groups -OCH3 is 1. The first kappa shape index (κ1) is 27.7. The molecule has 1 saturated carbocycles. The number of halogens is 3. The molecule has 2 heterocycles. The van der Waals surface area contributed by atoms with Crippen LogP contribution in [-0.4, -0.2) is 53.3 Å². The second-order valence-corrected chi connectivity index (χ2v) is 9.60. The smallest absolute Gasteiger partial charge is 0.185 e. The van der Waals surface area contributed by atoms with Gasteiger partial charge in [-0.2, -0.15) is 0 Å². The minimum atomic E-state index is -1.08. The fraction of sp³-hybridized carbons (Fsp3) is 0.393. The van der Waals surface area contributed by atoms with Crippen molar-refractivity contribution in [1.82, 2.24) is 9.97 Å². The molecule has 38 heavy (non-hydrogen) atoms. The molecule has 0 amide bonds. The van der Waals surface area contributed by atoms with Crippen LogP contribution >= 0.6 is 0 Å². The summed E-state index contributed by atoms with van der Waals surface area (Å²) in [5.74, 6) is -3.66. The van der Waals surface area contributed by atoms with Crippen LogP contribution in [0.2, 0.25) is 0 Å². The van der Waals surface area contributed by atoms with Crippen LogP contribution in [0.25, 0.3) is 11.3 Å². The van der Waals surface area contributed by atoms with E-state index < -0.39 is 40.6 Å². The number of hydrogen-bond acceptors (Lipinski definition) is 7. The van der Waals surface area contributed by atoms with Crippen molar-refractivity contribution in [3.05, 3.63) is 77.0 Å². The van der Waals surface area contributed by atoms with E-state index in [9.17, 15) is 23.1 Å². The second kappa shape index (κ2) is 12.0. The number of Topliss-reactive ketones (excluding diaryl/α,β-unsaturated/α-hetero) is 1. The van der Waals surface area contributed by atoms with Gasteiger partial charge in [0, 0.05) is 44.1 Å². The lowest BCUT2D eigenvalue weighted by atomic mass is 9.74. The van der Waals surface area contributed by atoms with Crippen LogP contribution < -0.4 is 10.5 Å². The molecule has 7 nitrogen and oxygen atoms in total. The van der Waals surface area contributed by atoms with Gasteiger partial charge in [0.2, 0.25) is 0 Å². The van der Waals surface area contributed by atoms with Gasteiger partial charge in [-0.25, -0.2) is 18.2 Å². The number of carbonyl (C=O) groups excluding carboxylic acids is 1. The van der Waals surface area contributed by atoms with E-state index in [2.05, 4.69) is 9.97 Å². The normalized spacial score (nSPS) is 21.3. The van der Waals surface area contributed by atoms with E-state index in [0.29, 0.717) is 18.4 Å². The molecular formula is C28H30F3N3O4. The quantitative estimate of drug-likeness (QED) is 0.316. The van der Waals surface area contributed by atoms with Gasteiger partial charge in [-0.1, -0.05) is 6.92 Å². The van der Waals surface area contributed by atoms with Crippen LogP contribution in [0.4, 0.5) is 13.2 Å². The monoisotopic (exact) mass is 529 g/mol. The van der Waals surface area contributed by atoms with Crippen molar-refractivity contribution in [1.29, 1.82) is 0 Å². The molecule has 3 N–H and O–H groups in total. The Labute approximate surface area is 218 Å². The van der Waals surface area contributed by atoms with Crippen molar-refractivity contribution in [3.8, 4) is 17.0 Å². The number of pyridine rings is 2. The number of ether oxygens (including phenoxy) is 2. The number of benzene rings is 1. The molecule has 1 fully saturated rings. The zero-order chi connectivity index (χ0) is 27.4. The summed E-state index contributed by atoms with van der Waals surface area (Å²) in [6, 6.07) is 5.45. The maximum absolute atomic E-state index is 14.8. The molecule has 1 aromatic carbocycles. The molecule has 0 radical (unpaired) electrons. The van der Waals surface area contributed by atoms with Crippen molar-refractivity contribution in [2.24, 2.45) is 11.7 Å². The minimum absolute atomic E-state index is 0.0108. The summed E-state index contributed by atoms with van der Waals surface area (Å²) in [5, 5.41) is 10.2. The van der Waals surface area contributed by atoms with E-state index in [1.54, 1.807) is 12.4 Å². The number of rotatable bonds is 9. The number of carbonyl (C=O) groups is 1. The van der Waals surface area contributed by atoms with E-state index in [-0.39, 0.29) is 49.0 Å². The van der Waals surface area contributed by atoms with E-state index in [4.69, 9.17) is 15.2 Å². The van der Waals surface area contributed by atoms with Crippen molar-refractivity contribution in [3.63, 3.8) is 0 Å². The lowest BCUT2D eigenvalue weighted by Crippen LogP contribution is -2.44. The number of ketones is 1. The topological polar surface area (TPSA) is 108 Å². The molecule has 0 unspecified atom stereocenters. The van der Waals surface area contributed by atoms with Crippen molar-refractivity contribution in [2.45, 2.75) is 44.2 Å². The maximum Gasteiger partial charge on any atom is 0.185 e. The Hall–Kier alpha value is -3.34. The molecule has 0 spiro atoms. The van der Waals surface area contributed by atoms with Gasteiger partial charge in [-0.05, 0) is 54.0 Å². The highest BCUT2D eigenvalue weighted by atomic mass is 19.1. The Morgan fingerprint density at radius 3 is 2.53 bits per heavy atom. The predicted octanol–water partition coefficient (Wildman–Crippen LogP) is 4.21. The Bertz CT molecular complexity index is 1270.